The number of nitrogens with one attached hydrogen (secondary N) is 1. The number of carbonyl (C=O) groups is 1. The second-order valence-electron chi connectivity index (χ2n) is 6.28. The largest absolute Gasteiger partial charge is 0.373 e. The maximum atomic E-state index is 12.6. The molecule has 0 fully saturated rings. The Kier molecular flexibility index (Phi) is 4.76. The zero-order valence-electron chi connectivity index (χ0n) is 15.4. The van der Waals surface area contributed by atoms with Gasteiger partial charge < -0.3 is 14.4 Å². The van der Waals surface area contributed by atoms with E-state index in [1.165, 1.54) is 18.3 Å². The van der Waals surface area contributed by atoms with Crippen molar-refractivity contribution >= 4 is 17.2 Å². The SMILES string of the molecule is Cc1noc(C)c1C(C)Nc1ccc(C(=O)c2nccn2C)cc1[N+](=O)[O-]. The highest BCUT2D eigenvalue weighted by atomic mass is 16.6. The van der Waals surface area contributed by atoms with Crippen LogP contribution < -0.4 is 5.32 Å². The van der Waals surface area contributed by atoms with Crippen LogP contribution >= 0.6 is 0 Å². The molecule has 0 spiro atoms. The first-order valence-electron chi connectivity index (χ1n) is 8.29. The summed E-state index contributed by atoms with van der Waals surface area (Å²) in [5.74, 6) is 0.488. The summed E-state index contributed by atoms with van der Waals surface area (Å²) in [6.07, 6.45) is 3.14. The van der Waals surface area contributed by atoms with Crippen LogP contribution in [0, 0.1) is 24.0 Å². The van der Waals surface area contributed by atoms with Crippen molar-refractivity contribution in [3.63, 3.8) is 0 Å². The Morgan fingerprint density at radius 1 is 1.37 bits per heavy atom. The van der Waals surface area contributed by atoms with E-state index in [0.717, 1.165) is 11.3 Å². The van der Waals surface area contributed by atoms with Gasteiger partial charge in [-0.25, -0.2) is 4.98 Å². The molecule has 0 amide bonds. The van der Waals surface area contributed by atoms with E-state index in [-0.39, 0.29) is 28.9 Å². The van der Waals surface area contributed by atoms with Crippen molar-refractivity contribution in [1.82, 2.24) is 14.7 Å². The number of carbonyl (C=O) groups excluding carboxylic acids is 1. The normalized spacial score (nSPS) is 12.0. The third-order valence-electron chi connectivity index (χ3n) is 4.37. The molecule has 27 heavy (non-hydrogen) atoms. The van der Waals surface area contributed by atoms with Gasteiger partial charge in [-0.3, -0.25) is 14.9 Å². The number of anilines is 1. The lowest BCUT2D eigenvalue weighted by molar-refractivity contribution is -0.384. The second-order valence-corrected chi connectivity index (χ2v) is 6.28. The molecule has 140 valence electrons. The first-order chi connectivity index (χ1) is 12.8. The zero-order chi connectivity index (χ0) is 19.7. The number of hydrogen-bond donors (Lipinski definition) is 1. The molecule has 1 N–H and O–H groups in total. The number of aryl methyl sites for hydroxylation is 3. The molecular weight excluding hydrogens is 350 g/mol. The van der Waals surface area contributed by atoms with Crippen LogP contribution in [0.2, 0.25) is 0 Å². The number of aromatic nitrogens is 3. The molecule has 0 bridgehead atoms. The van der Waals surface area contributed by atoms with Gasteiger partial charge in [0.1, 0.15) is 11.4 Å². The molecule has 2 aromatic heterocycles. The number of ketones is 1. The summed E-state index contributed by atoms with van der Waals surface area (Å²) in [5.41, 5.74) is 1.89. The van der Waals surface area contributed by atoms with Gasteiger partial charge in [0, 0.05) is 36.6 Å². The summed E-state index contributed by atoms with van der Waals surface area (Å²) in [4.78, 5) is 27.6. The van der Waals surface area contributed by atoms with Gasteiger partial charge in [-0.1, -0.05) is 5.16 Å². The smallest absolute Gasteiger partial charge is 0.293 e. The van der Waals surface area contributed by atoms with Gasteiger partial charge in [0.2, 0.25) is 5.78 Å². The molecule has 0 aliphatic carbocycles. The van der Waals surface area contributed by atoms with Gasteiger partial charge in [0.25, 0.3) is 5.69 Å². The Morgan fingerprint density at radius 3 is 2.67 bits per heavy atom. The van der Waals surface area contributed by atoms with E-state index in [2.05, 4.69) is 15.5 Å². The summed E-state index contributed by atoms with van der Waals surface area (Å²) in [7, 11) is 1.69. The van der Waals surface area contributed by atoms with Crippen molar-refractivity contribution in [1.29, 1.82) is 0 Å². The molecule has 2 heterocycles. The van der Waals surface area contributed by atoms with E-state index < -0.39 is 4.92 Å². The zero-order valence-corrected chi connectivity index (χ0v) is 15.4. The molecular formula is C18H19N5O4. The number of benzene rings is 1. The van der Waals surface area contributed by atoms with E-state index in [1.54, 1.807) is 30.8 Å². The summed E-state index contributed by atoms with van der Waals surface area (Å²) in [6.45, 7) is 5.47. The highest BCUT2D eigenvalue weighted by molar-refractivity contribution is 6.07. The van der Waals surface area contributed by atoms with E-state index in [4.69, 9.17) is 4.52 Å². The van der Waals surface area contributed by atoms with Crippen LogP contribution in [0.3, 0.4) is 0 Å². The molecule has 3 rings (SSSR count). The van der Waals surface area contributed by atoms with Gasteiger partial charge in [-0.15, -0.1) is 0 Å². The van der Waals surface area contributed by atoms with E-state index in [0.29, 0.717) is 11.4 Å². The highest BCUT2D eigenvalue weighted by Crippen LogP contribution is 2.31. The molecule has 9 heteroatoms. The van der Waals surface area contributed by atoms with Gasteiger partial charge in [-0.05, 0) is 32.9 Å². The molecule has 9 nitrogen and oxygen atoms in total. The third-order valence-corrected chi connectivity index (χ3v) is 4.37. The van der Waals surface area contributed by atoms with E-state index in [9.17, 15) is 14.9 Å². The van der Waals surface area contributed by atoms with Crippen molar-refractivity contribution in [3.05, 3.63) is 69.1 Å². The lowest BCUT2D eigenvalue weighted by atomic mass is 10.0. The van der Waals surface area contributed by atoms with E-state index >= 15 is 0 Å². The fourth-order valence-corrected chi connectivity index (χ4v) is 3.07. The number of hydrogen-bond acceptors (Lipinski definition) is 7. The molecule has 0 aliphatic heterocycles. The Labute approximate surface area is 155 Å². The average Bonchev–Trinajstić information content (AvgIpc) is 3.19. The monoisotopic (exact) mass is 369 g/mol. The minimum Gasteiger partial charge on any atom is -0.373 e. The summed E-state index contributed by atoms with van der Waals surface area (Å²) >= 11 is 0. The maximum Gasteiger partial charge on any atom is 0.293 e. The van der Waals surface area contributed by atoms with Gasteiger partial charge >= 0.3 is 0 Å². The fraction of sp³-hybridized carbons (Fsp3) is 0.278. The van der Waals surface area contributed by atoms with Crippen LogP contribution in [0.5, 0.6) is 0 Å². The van der Waals surface area contributed by atoms with Crippen LogP contribution in [-0.2, 0) is 7.05 Å². The van der Waals surface area contributed by atoms with Crippen LogP contribution in [0.4, 0.5) is 11.4 Å². The number of nitro benzene ring substituents is 1. The quantitative estimate of drug-likeness (QED) is 0.402. The minimum absolute atomic E-state index is 0.186. The van der Waals surface area contributed by atoms with E-state index in [1.807, 2.05) is 13.8 Å². The van der Waals surface area contributed by atoms with Gasteiger partial charge in [0.15, 0.2) is 5.82 Å². The second kappa shape index (κ2) is 7.02. The molecule has 3 aromatic rings. The first-order valence-corrected chi connectivity index (χ1v) is 8.29. The maximum absolute atomic E-state index is 12.6. The van der Waals surface area contributed by atoms with Crippen molar-refractivity contribution < 1.29 is 14.2 Å². The number of rotatable bonds is 6. The molecule has 0 saturated heterocycles. The Morgan fingerprint density at radius 2 is 2.11 bits per heavy atom. The first kappa shape index (κ1) is 18.3. The number of imidazole rings is 1. The molecule has 0 aliphatic rings. The predicted molar refractivity (Wildman–Crippen MR) is 97.8 cm³/mol. The molecule has 1 unspecified atom stereocenters. The fourth-order valence-electron chi connectivity index (χ4n) is 3.07. The third kappa shape index (κ3) is 3.43. The van der Waals surface area contributed by atoms with Crippen molar-refractivity contribution in [2.75, 3.05) is 5.32 Å². The summed E-state index contributed by atoms with van der Waals surface area (Å²) in [5, 5.41) is 18.6. The Hall–Kier alpha value is -3.49. The Balaban J connectivity index is 1.94. The highest BCUT2D eigenvalue weighted by Gasteiger charge is 2.23. The molecule has 1 atom stereocenters. The minimum atomic E-state index is -0.516. The van der Waals surface area contributed by atoms with Crippen LogP contribution in [0.1, 0.15) is 46.2 Å². The van der Waals surface area contributed by atoms with Crippen LogP contribution in [-0.4, -0.2) is 25.4 Å². The number of nitro groups is 1. The lowest BCUT2D eigenvalue weighted by Gasteiger charge is -2.15. The van der Waals surface area contributed by atoms with Gasteiger partial charge in [0.05, 0.1) is 16.7 Å². The molecule has 0 radical (unpaired) electrons. The topological polar surface area (TPSA) is 116 Å². The molecule has 1 aromatic carbocycles. The van der Waals surface area contributed by atoms with Crippen LogP contribution in [0.25, 0.3) is 0 Å². The standard InChI is InChI=1S/C18H19N5O4/c1-10(16-11(2)21-27-12(16)3)20-14-6-5-13(9-15(14)23(25)26)17(24)18-19-7-8-22(18)4/h5-10,20H,1-4H3. The predicted octanol–water partition coefficient (Wildman–Crippen LogP) is 3.34. The van der Waals surface area contributed by atoms with Crippen molar-refractivity contribution in [3.8, 4) is 0 Å². The van der Waals surface area contributed by atoms with Crippen molar-refractivity contribution in [2.45, 2.75) is 26.8 Å². The van der Waals surface area contributed by atoms with Crippen LogP contribution in [0.15, 0.2) is 35.1 Å². The van der Waals surface area contributed by atoms with Gasteiger partial charge in [-0.2, -0.15) is 0 Å². The lowest BCUT2D eigenvalue weighted by Crippen LogP contribution is -2.12. The molecule has 0 saturated carbocycles. The Bertz CT molecular complexity index is 1000. The summed E-state index contributed by atoms with van der Waals surface area (Å²) < 4.78 is 6.73. The number of nitrogens with zero attached hydrogens (tertiary/aromatic N) is 4. The van der Waals surface area contributed by atoms with Crippen molar-refractivity contribution in [2.24, 2.45) is 7.05 Å². The summed E-state index contributed by atoms with van der Waals surface area (Å²) in [6, 6.07) is 4.08. The average molecular weight is 369 g/mol.